The Bertz CT molecular complexity index is 1060. The molecule has 1 aliphatic heterocycles. The van der Waals surface area contributed by atoms with E-state index in [0.717, 1.165) is 0 Å². The van der Waals surface area contributed by atoms with E-state index in [1.165, 1.54) is 0 Å². The topological polar surface area (TPSA) is 111 Å². The summed E-state index contributed by atoms with van der Waals surface area (Å²) < 4.78 is 10.6. The average Bonchev–Trinajstić information content (AvgIpc) is 2.95. The van der Waals surface area contributed by atoms with Crippen molar-refractivity contribution in [3.05, 3.63) is 54.1 Å². The minimum Gasteiger partial charge on any atom is -0.481 e. The number of rotatable bonds is 5. The van der Waals surface area contributed by atoms with Crippen LogP contribution in [0.4, 0.5) is 11.4 Å². The van der Waals surface area contributed by atoms with Crippen LogP contribution in [0.25, 0.3) is 0 Å². The molecule has 8 nitrogen and oxygen atoms in total. The Morgan fingerprint density at radius 3 is 2.50 bits per heavy atom. The van der Waals surface area contributed by atoms with Gasteiger partial charge in [-0.05, 0) is 24.3 Å². The molecule has 1 fully saturated rings. The van der Waals surface area contributed by atoms with Gasteiger partial charge in [-0.3, -0.25) is 14.4 Å². The predicted molar refractivity (Wildman–Crippen MR) is 107 cm³/mol. The van der Waals surface area contributed by atoms with Crippen LogP contribution in [0.5, 0.6) is 5.75 Å². The summed E-state index contributed by atoms with van der Waals surface area (Å²) >= 11 is 0. The first-order valence-electron chi connectivity index (χ1n) is 9.45. The minimum atomic E-state index is -1.33. The van der Waals surface area contributed by atoms with Crippen LogP contribution in [0.15, 0.2) is 53.5 Å². The number of benzene rings is 2. The monoisotopic (exact) mass is 406 g/mol. The smallest absolute Gasteiger partial charge is 0.345 e. The summed E-state index contributed by atoms with van der Waals surface area (Å²) in [5.41, 5.74) is 2.28. The van der Waals surface area contributed by atoms with E-state index in [4.69, 9.17) is 9.47 Å². The van der Waals surface area contributed by atoms with Crippen LogP contribution in [0.3, 0.4) is 0 Å². The van der Waals surface area contributed by atoms with Gasteiger partial charge in [0, 0.05) is 18.4 Å². The summed E-state index contributed by atoms with van der Waals surface area (Å²) in [6, 6.07) is 14.1. The third-order valence-electron chi connectivity index (χ3n) is 4.76. The Balaban J connectivity index is 1.52. The minimum absolute atomic E-state index is 0.0323. The van der Waals surface area contributed by atoms with Gasteiger partial charge >= 0.3 is 5.97 Å². The maximum Gasteiger partial charge on any atom is 0.345 e. The molecule has 4 rings (SSSR count). The lowest BCUT2D eigenvalue weighted by molar-refractivity contribution is -0.159. The molecule has 152 valence electrons. The molecule has 0 aromatic heterocycles. The van der Waals surface area contributed by atoms with Gasteiger partial charge in [-0.1, -0.05) is 24.3 Å². The molecule has 30 heavy (non-hydrogen) atoms. The summed E-state index contributed by atoms with van der Waals surface area (Å²) in [6.07, 6.45) is -1.12. The lowest BCUT2D eigenvalue weighted by Gasteiger charge is -2.13. The van der Waals surface area contributed by atoms with Crippen LogP contribution in [0, 0.1) is 0 Å². The fraction of sp³-hybridized carbons (Fsp3) is 0.227. The number of nitrogens with one attached hydrogen (secondary N) is 1. The van der Waals surface area contributed by atoms with Crippen LogP contribution in [0.1, 0.15) is 24.8 Å². The maximum absolute atomic E-state index is 12.3. The van der Waals surface area contributed by atoms with Crippen LogP contribution in [0.2, 0.25) is 0 Å². The number of nitrogens with zero attached hydrogens (tertiary/aromatic N) is 1. The molecule has 1 saturated carbocycles. The number of Topliss-reactive ketones (excluding diaryl/α,β-unsaturated/α-hetero) is 2. The van der Waals surface area contributed by atoms with Crippen molar-refractivity contribution in [1.82, 2.24) is 0 Å². The lowest BCUT2D eigenvalue weighted by atomic mass is 10.1. The molecule has 0 unspecified atom stereocenters. The fourth-order valence-electron chi connectivity index (χ4n) is 3.32. The molecule has 0 radical (unpaired) electrons. The van der Waals surface area contributed by atoms with Crippen molar-refractivity contribution in [3.8, 4) is 5.75 Å². The van der Waals surface area contributed by atoms with Gasteiger partial charge < -0.3 is 14.8 Å². The molecule has 2 aromatic rings. The van der Waals surface area contributed by atoms with E-state index in [0.29, 0.717) is 28.4 Å². The van der Waals surface area contributed by atoms with Gasteiger partial charge in [0.2, 0.25) is 12.0 Å². The van der Waals surface area contributed by atoms with E-state index < -0.39 is 30.2 Å². The van der Waals surface area contributed by atoms with Gasteiger partial charge in [-0.15, -0.1) is 0 Å². The zero-order chi connectivity index (χ0) is 21.1. The predicted octanol–water partition coefficient (Wildman–Crippen LogP) is 2.37. The number of esters is 1. The molecular weight excluding hydrogens is 388 g/mol. The van der Waals surface area contributed by atoms with Crippen molar-refractivity contribution in [2.45, 2.75) is 25.4 Å². The number of hydrogen-bond donors (Lipinski definition) is 1. The Morgan fingerprint density at radius 2 is 1.70 bits per heavy atom. The SMILES string of the molecule is O=C1CC(c2ccccc2OCC(=O)OC2C(=O)CCC2=O)=Nc2ccccc2N1. The van der Waals surface area contributed by atoms with Crippen molar-refractivity contribution >= 4 is 40.5 Å². The second-order valence-electron chi connectivity index (χ2n) is 6.89. The van der Waals surface area contributed by atoms with E-state index in [-0.39, 0.29) is 25.2 Å². The van der Waals surface area contributed by atoms with Crippen LogP contribution in [-0.4, -0.2) is 41.9 Å². The van der Waals surface area contributed by atoms with Crippen LogP contribution < -0.4 is 10.1 Å². The van der Waals surface area contributed by atoms with Gasteiger partial charge in [0.05, 0.1) is 23.5 Å². The van der Waals surface area contributed by atoms with Crippen LogP contribution >= 0.6 is 0 Å². The van der Waals surface area contributed by atoms with Gasteiger partial charge in [0.15, 0.2) is 18.2 Å². The number of fused-ring (bicyclic) bond motifs is 1. The highest BCUT2D eigenvalue weighted by Gasteiger charge is 2.36. The summed E-state index contributed by atoms with van der Waals surface area (Å²) in [4.78, 5) is 52.2. The number of anilines is 1. The highest BCUT2D eigenvalue weighted by molar-refractivity contribution is 6.18. The molecule has 1 heterocycles. The standard InChI is InChI=1S/C22H18N2O6/c25-17-9-10-18(26)22(17)30-21(28)12-29-19-8-4-1-5-13(19)16-11-20(27)24-15-7-3-2-6-14(15)23-16/h1-8,22H,9-12H2,(H,24,27). The molecule has 0 spiro atoms. The number of hydrogen-bond acceptors (Lipinski definition) is 7. The second-order valence-corrected chi connectivity index (χ2v) is 6.89. The van der Waals surface area contributed by atoms with Crippen molar-refractivity contribution in [2.75, 3.05) is 11.9 Å². The van der Waals surface area contributed by atoms with Crippen molar-refractivity contribution in [1.29, 1.82) is 0 Å². The normalized spacial score (nSPS) is 16.4. The Hall–Kier alpha value is -3.81. The molecule has 0 bridgehead atoms. The van der Waals surface area contributed by atoms with Crippen molar-refractivity contribution in [2.24, 2.45) is 4.99 Å². The molecule has 8 heteroatoms. The van der Waals surface area contributed by atoms with Gasteiger partial charge in [0.25, 0.3) is 0 Å². The zero-order valence-electron chi connectivity index (χ0n) is 15.9. The average molecular weight is 406 g/mol. The maximum atomic E-state index is 12.3. The van der Waals surface area contributed by atoms with Crippen molar-refractivity contribution in [3.63, 3.8) is 0 Å². The summed E-state index contributed by atoms with van der Waals surface area (Å²) in [6.45, 7) is -0.482. The first kappa shape index (κ1) is 19.5. The lowest BCUT2D eigenvalue weighted by Crippen LogP contribution is -2.30. The Labute approximate surface area is 171 Å². The third-order valence-corrected chi connectivity index (χ3v) is 4.76. The summed E-state index contributed by atoms with van der Waals surface area (Å²) in [5, 5.41) is 2.81. The molecule has 2 aromatic carbocycles. The first-order chi connectivity index (χ1) is 14.5. The fourth-order valence-corrected chi connectivity index (χ4v) is 3.32. The van der Waals surface area contributed by atoms with Crippen LogP contribution in [-0.2, 0) is 23.9 Å². The number of carbonyl (C=O) groups is 4. The molecule has 1 aliphatic carbocycles. The number of carbonyl (C=O) groups excluding carboxylic acids is 4. The molecule has 1 amide bonds. The summed E-state index contributed by atoms with van der Waals surface area (Å²) in [7, 11) is 0. The second kappa shape index (κ2) is 8.28. The highest BCUT2D eigenvalue weighted by atomic mass is 16.6. The van der Waals surface area contributed by atoms with Crippen molar-refractivity contribution < 1.29 is 28.7 Å². The van der Waals surface area contributed by atoms with Gasteiger partial charge in [-0.25, -0.2) is 9.79 Å². The third kappa shape index (κ3) is 4.12. The number of para-hydroxylation sites is 3. The Morgan fingerprint density at radius 1 is 1.00 bits per heavy atom. The quantitative estimate of drug-likeness (QED) is 0.603. The van der Waals surface area contributed by atoms with E-state index in [1.54, 1.807) is 36.4 Å². The number of ether oxygens (including phenoxy) is 2. The highest BCUT2D eigenvalue weighted by Crippen LogP contribution is 2.30. The largest absolute Gasteiger partial charge is 0.481 e. The number of ketones is 2. The van der Waals surface area contributed by atoms with E-state index in [9.17, 15) is 19.2 Å². The van der Waals surface area contributed by atoms with Gasteiger partial charge in [-0.2, -0.15) is 0 Å². The van der Waals surface area contributed by atoms with E-state index in [2.05, 4.69) is 10.3 Å². The molecular formula is C22H18N2O6. The molecule has 0 saturated heterocycles. The van der Waals surface area contributed by atoms with E-state index in [1.807, 2.05) is 12.1 Å². The first-order valence-corrected chi connectivity index (χ1v) is 9.45. The summed E-state index contributed by atoms with van der Waals surface area (Å²) in [5.74, 6) is -1.49. The van der Waals surface area contributed by atoms with Gasteiger partial charge in [0.1, 0.15) is 5.75 Å². The number of aliphatic imine (C=N–C) groups is 1. The zero-order valence-corrected chi connectivity index (χ0v) is 15.9. The van der Waals surface area contributed by atoms with E-state index >= 15 is 0 Å². The molecule has 0 atom stereocenters. The number of amides is 1. The Kier molecular flexibility index (Phi) is 5.38. The molecule has 1 N–H and O–H groups in total. The molecule has 2 aliphatic rings.